The SMILES string of the molecule is CC1(C)OB(C2=CI(C3C=CC=CO3)N=C2)OC1(C)C. The number of rotatable bonds is 2. The average Bonchev–Trinajstić information content (AvgIpc) is 2.94. The topological polar surface area (TPSA) is 40.0 Å². The molecule has 3 heterocycles. The van der Waals surface area contributed by atoms with Gasteiger partial charge in [-0.25, -0.2) is 0 Å². The summed E-state index contributed by atoms with van der Waals surface area (Å²) >= 11 is -1.66. The van der Waals surface area contributed by atoms with Crippen LogP contribution in [-0.2, 0) is 14.0 Å². The molecule has 1 unspecified atom stereocenters. The molecule has 0 saturated carbocycles. The van der Waals surface area contributed by atoms with E-state index in [1.54, 1.807) is 6.26 Å². The Balaban J connectivity index is 1.73. The summed E-state index contributed by atoms with van der Waals surface area (Å²) in [6.07, 6.45) is 9.62. The summed E-state index contributed by atoms with van der Waals surface area (Å²) in [7, 11) is -0.311. The Bertz CT molecular complexity index is 509. The van der Waals surface area contributed by atoms with Gasteiger partial charge in [0.1, 0.15) is 0 Å². The quantitative estimate of drug-likeness (QED) is 0.414. The number of nitrogens with zero attached hydrogens (tertiary/aromatic N) is 1. The van der Waals surface area contributed by atoms with Crippen LogP contribution in [0.2, 0.25) is 0 Å². The standard InChI is InChI=1S/C14H19BINO3/c1-13(2)14(3,4)20-15(19-13)11-9-16(17-10-11)12-7-5-6-8-18-12/h5-10,12H,1-4H3. The molecule has 3 rings (SSSR count). The number of ether oxygens (including phenoxy) is 1. The van der Waals surface area contributed by atoms with Crippen LogP contribution in [0, 0.1) is 0 Å². The van der Waals surface area contributed by atoms with Gasteiger partial charge in [0.05, 0.1) is 0 Å². The summed E-state index contributed by atoms with van der Waals surface area (Å²) in [6, 6.07) is 0. The second kappa shape index (κ2) is 5.00. The van der Waals surface area contributed by atoms with Crippen molar-refractivity contribution in [1.82, 2.24) is 0 Å². The van der Waals surface area contributed by atoms with Gasteiger partial charge in [0, 0.05) is 0 Å². The molecule has 0 bridgehead atoms. The van der Waals surface area contributed by atoms with Gasteiger partial charge in [0.2, 0.25) is 0 Å². The molecule has 1 saturated heterocycles. The number of halogens is 1. The van der Waals surface area contributed by atoms with Crippen LogP contribution in [0.3, 0.4) is 0 Å². The fraction of sp³-hybridized carbons (Fsp3) is 0.500. The van der Waals surface area contributed by atoms with Crippen molar-refractivity contribution in [1.29, 1.82) is 0 Å². The first kappa shape index (κ1) is 14.3. The first-order chi connectivity index (χ1) is 9.39. The van der Waals surface area contributed by atoms with E-state index in [2.05, 4.69) is 41.1 Å². The van der Waals surface area contributed by atoms with Gasteiger partial charge >= 0.3 is 128 Å². The number of hydrogen-bond donors (Lipinski definition) is 0. The Kier molecular flexibility index (Phi) is 3.58. The average molecular weight is 387 g/mol. The molecule has 4 nitrogen and oxygen atoms in total. The fourth-order valence-electron chi connectivity index (χ4n) is 2.00. The summed E-state index contributed by atoms with van der Waals surface area (Å²) < 4.78 is 24.7. The molecule has 1 atom stereocenters. The summed E-state index contributed by atoms with van der Waals surface area (Å²) in [6.45, 7) is 8.25. The Morgan fingerprint density at radius 2 is 1.85 bits per heavy atom. The van der Waals surface area contributed by atoms with Crippen molar-refractivity contribution in [2.24, 2.45) is 3.21 Å². The summed E-state index contributed by atoms with van der Waals surface area (Å²) in [5.74, 6) is 0. The van der Waals surface area contributed by atoms with Crippen molar-refractivity contribution in [2.45, 2.75) is 43.0 Å². The van der Waals surface area contributed by atoms with Crippen molar-refractivity contribution >= 4 is 33.4 Å². The van der Waals surface area contributed by atoms with Crippen LogP contribution >= 0.6 is 20.1 Å². The first-order valence-electron chi connectivity index (χ1n) is 6.66. The number of alkyl halides is 1. The predicted octanol–water partition coefficient (Wildman–Crippen LogP) is 3.43. The van der Waals surface area contributed by atoms with Gasteiger partial charge in [-0.2, -0.15) is 0 Å². The molecule has 1 fully saturated rings. The zero-order chi connectivity index (χ0) is 14.4. The molecule has 0 aromatic heterocycles. The molecule has 0 spiro atoms. The third kappa shape index (κ3) is 2.49. The normalized spacial score (nSPS) is 31.6. The Morgan fingerprint density at radius 3 is 2.45 bits per heavy atom. The minimum atomic E-state index is -1.66. The number of hydrogen-bond acceptors (Lipinski definition) is 4. The molecular weight excluding hydrogens is 368 g/mol. The third-order valence-corrected chi connectivity index (χ3v) is 8.20. The van der Waals surface area contributed by atoms with Crippen molar-refractivity contribution < 1.29 is 14.0 Å². The summed E-state index contributed by atoms with van der Waals surface area (Å²) in [5.41, 5.74) is 0.427. The first-order valence-corrected chi connectivity index (χ1v) is 10.1. The summed E-state index contributed by atoms with van der Waals surface area (Å²) in [4.78, 5) is 0. The Hall–Kier alpha value is -0.595. The van der Waals surface area contributed by atoms with E-state index in [4.69, 9.17) is 14.0 Å². The van der Waals surface area contributed by atoms with Gasteiger partial charge in [0.25, 0.3) is 0 Å². The molecule has 20 heavy (non-hydrogen) atoms. The van der Waals surface area contributed by atoms with Crippen molar-refractivity contribution in [2.75, 3.05) is 0 Å². The number of allylic oxidation sites excluding steroid dienone is 3. The van der Waals surface area contributed by atoms with Crippen molar-refractivity contribution in [3.63, 3.8) is 0 Å². The predicted molar refractivity (Wildman–Crippen MR) is 89.8 cm³/mol. The van der Waals surface area contributed by atoms with E-state index >= 15 is 0 Å². The molecule has 0 aromatic rings. The molecule has 0 aromatic carbocycles. The zero-order valence-electron chi connectivity index (χ0n) is 12.2. The molecule has 0 radical (unpaired) electrons. The van der Waals surface area contributed by atoms with E-state index in [0.717, 1.165) is 5.47 Å². The van der Waals surface area contributed by atoms with Gasteiger partial charge in [-0.15, -0.1) is 0 Å². The van der Waals surface area contributed by atoms with Crippen molar-refractivity contribution in [3.05, 3.63) is 34.0 Å². The summed E-state index contributed by atoms with van der Waals surface area (Å²) in [5, 5.41) is 0. The van der Waals surface area contributed by atoms with Gasteiger partial charge in [-0.1, -0.05) is 0 Å². The third-order valence-electron chi connectivity index (χ3n) is 3.95. The molecule has 0 aliphatic carbocycles. The zero-order valence-corrected chi connectivity index (χ0v) is 14.3. The Morgan fingerprint density at radius 1 is 1.15 bits per heavy atom. The molecule has 0 amide bonds. The van der Waals surface area contributed by atoms with Crippen LogP contribution in [0.4, 0.5) is 0 Å². The van der Waals surface area contributed by atoms with Crippen LogP contribution in [0.1, 0.15) is 27.7 Å². The van der Waals surface area contributed by atoms with Crippen molar-refractivity contribution in [3.8, 4) is 0 Å². The van der Waals surface area contributed by atoms with E-state index in [1.165, 1.54) is 0 Å². The van der Waals surface area contributed by atoms with E-state index in [0.29, 0.717) is 0 Å². The van der Waals surface area contributed by atoms with Gasteiger partial charge in [-0.05, 0) is 0 Å². The van der Waals surface area contributed by atoms with Crippen LogP contribution in [0.25, 0.3) is 0 Å². The molecule has 6 heteroatoms. The second-order valence-electron chi connectivity index (χ2n) is 5.95. The molecule has 3 aliphatic rings. The second-order valence-corrected chi connectivity index (χ2v) is 10.2. The molecular formula is C14H19BINO3. The van der Waals surface area contributed by atoms with Gasteiger partial charge in [-0.3, -0.25) is 0 Å². The van der Waals surface area contributed by atoms with E-state index in [9.17, 15) is 0 Å². The van der Waals surface area contributed by atoms with E-state index in [1.807, 2.05) is 18.4 Å². The van der Waals surface area contributed by atoms with E-state index < -0.39 is 20.1 Å². The van der Waals surface area contributed by atoms with Gasteiger partial charge in [0.15, 0.2) is 0 Å². The maximum atomic E-state index is 6.05. The van der Waals surface area contributed by atoms with Crippen LogP contribution < -0.4 is 0 Å². The van der Waals surface area contributed by atoms with Crippen LogP contribution in [-0.4, -0.2) is 28.6 Å². The van der Waals surface area contributed by atoms with Crippen LogP contribution in [0.5, 0.6) is 0 Å². The maximum absolute atomic E-state index is 6.05. The fourth-order valence-corrected chi connectivity index (χ4v) is 5.80. The Labute approximate surface area is 127 Å². The molecule has 108 valence electrons. The van der Waals surface area contributed by atoms with Crippen LogP contribution in [0.15, 0.2) is 37.3 Å². The molecule has 0 N–H and O–H groups in total. The monoisotopic (exact) mass is 387 g/mol. The van der Waals surface area contributed by atoms with E-state index in [-0.39, 0.29) is 22.4 Å². The van der Waals surface area contributed by atoms with Gasteiger partial charge < -0.3 is 0 Å². The molecule has 3 aliphatic heterocycles. The minimum absolute atomic E-state index is 0.111.